The summed E-state index contributed by atoms with van der Waals surface area (Å²) in [6.45, 7) is 3.10. The van der Waals surface area contributed by atoms with Gasteiger partial charge in [-0.3, -0.25) is 14.4 Å². The van der Waals surface area contributed by atoms with Gasteiger partial charge in [0.1, 0.15) is 6.42 Å². The lowest BCUT2D eigenvalue weighted by molar-refractivity contribution is -0.149. The molecule has 6 nitrogen and oxygen atoms in total. The van der Waals surface area contributed by atoms with Crippen molar-refractivity contribution in [1.29, 1.82) is 0 Å². The maximum Gasteiger partial charge on any atom is 0.331 e. The Kier molecular flexibility index (Phi) is 20.3. The van der Waals surface area contributed by atoms with E-state index < -0.39 is 48.2 Å². The molecule has 0 heterocycles. The summed E-state index contributed by atoms with van der Waals surface area (Å²) in [4.78, 5) is 41.5. The summed E-state index contributed by atoms with van der Waals surface area (Å²) in [6.07, 6.45) is -7.16. The maximum absolute atomic E-state index is 11.6. The molecule has 1 unspecified atom stereocenters. The number of ether oxygens (including phenoxy) is 2. The topological polar surface area (TPSA) is 86.7 Å². The Morgan fingerprint density at radius 3 is 1.64 bits per heavy atom. The first-order valence-electron chi connectivity index (χ1n) is 6.31. The molecule has 0 bridgehead atoms. The molecule has 148 valence electrons. The Labute approximate surface area is 155 Å². The van der Waals surface area contributed by atoms with Gasteiger partial charge in [0, 0.05) is 21.7 Å². The molecular formula is C12H15Cl3F4O6. The second kappa shape index (κ2) is 17.7. The molecule has 0 N–H and O–H groups in total. The van der Waals surface area contributed by atoms with Crippen LogP contribution in [0.2, 0.25) is 0 Å². The van der Waals surface area contributed by atoms with Crippen LogP contribution in [0.15, 0.2) is 0 Å². The van der Waals surface area contributed by atoms with E-state index in [1.165, 1.54) is 13.8 Å². The first kappa shape index (κ1) is 28.7. The Morgan fingerprint density at radius 1 is 0.880 bits per heavy atom. The molecule has 0 amide bonds. The fourth-order valence-electron chi connectivity index (χ4n) is 0.874. The van der Waals surface area contributed by atoms with Gasteiger partial charge in [-0.2, -0.15) is 0 Å². The van der Waals surface area contributed by atoms with Crippen molar-refractivity contribution in [2.75, 3.05) is 13.2 Å². The predicted octanol–water partition coefficient (Wildman–Crippen LogP) is 3.14. The number of hydrogen-bond donors (Lipinski definition) is 0. The molecule has 0 spiro atoms. The third-order valence-electron chi connectivity index (χ3n) is 1.83. The Balaban J connectivity index is -0.000000353. The number of carbonyl (C=O) groups excluding carboxylic acids is 4. The molecule has 0 aromatic rings. The number of halogens is 7. The molecule has 0 aliphatic carbocycles. The summed E-state index contributed by atoms with van der Waals surface area (Å²) in [5.74, 6) is -5.07. The van der Waals surface area contributed by atoms with Crippen molar-refractivity contribution in [3.8, 4) is 0 Å². The first-order valence-corrected chi connectivity index (χ1v) is 7.89. The van der Waals surface area contributed by atoms with Crippen molar-refractivity contribution in [3.05, 3.63) is 0 Å². The quantitative estimate of drug-likeness (QED) is 0.251. The molecule has 0 radical (unpaired) electrons. The van der Waals surface area contributed by atoms with Crippen LogP contribution in [0.25, 0.3) is 0 Å². The lowest BCUT2D eigenvalue weighted by Crippen LogP contribution is -2.31. The second-order valence-corrected chi connectivity index (χ2v) is 4.00. The summed E-state index contributed by atoms with van der Waals surface area (Å²) < 4.78 is 54.7. The molecule has 0 aromatic carbocycles. The van der Waals surface area contributed by atoms with Crippen molar-refractivity contribution in [3.63, 3.8) is 0 Å². The van der Waals surface area contributed by atoms with E-state index >= 15 is 0 Å². The molecule has 0 saturated carbocycles. The lowest BCUT2D eigenvalue weighted by Gasteiger charge is -2.05. The molecule has 1 atom stereocenters. The number of Topliss-reactive ketones (excluding diaryl/α,β-unsaturated/α-hetero) is 2. The molecule has 0 fully saturated rings. The summed E-state index contributed by atoms with van der Waals surface area (Å²) >= 11 is 5.05. The predicted molar refractivity (Wildman–Crippen MR) is 81.3 cm³/mol. The van der Waals surface area contributed by atoms with E-state index in [4.69, 9.17) is 11.6 Å². The number of carbonyl (C=O) groups is 4. The van der Waals surface area contributed by atoms with Crippen molar-refractivity contribution >= 4 is 56.8 Å². The normalized spacial score (nSPS) is 10.7. The molecule has 0 aromatic heterocycles. The SMILES string of the molecule is CCOC(=O)C(Cl)C(=O)C(F)F.CCOC(=O)CC(=O)C(F)F.ClCl. The highest BCUT2D eigenvalue weighted by Crippen LogP contribution is 2.07. The van der Waals surface area contributed by atoms with Crippen LogP contribution < -0.4 is 0 Å². The van der Waals surface area contributed by atoms with Gasteiger partial charge in [0.25, 0.3) is 12.9 Å². The van der Waals surface area contributed by atoms with E-state index in [0.29, 0.717) is 0 Å². The van der Waals surface area contributed by atoms with Crippen LogP contribution in [-0.2, 0) is 28.7 Å². The molecule has 0 aliphatic heterocycles. The fourth-order valence-corrected chi connectivity index (χ4v) is 1.03. The van der Waals surface area contributed by atoms with Crippen LogP contribution >= 0.6 is 33.3 Å². The van der Waals surface area contributed by atoms with Gasteiger partial charge in [-0.1, -0.05) is 0 Å². The standard InChI is InChI=1S/C6H7ClF2O3.C6H8F2O3.Cl2/c1-2-12-6(11)3(7)4(10)5(8)9;1-2-11-5(10)3-4(9)6(7)8;1-2/h3,5H,2H2,1H3;6H,2-3H2,1H3;. The van der Waals surface area contributed by atoms with Gasteiger partial charge in [-0.25, -0.2) is 22.4 Å². The van der Waals surface area contributed by atoms with Crippen molar-refractivity contribution < 1.29 is 46.2 Å². The molecule has 0 saturated heterocycles. The van der Waals surface area contributed by atoms with E-state index in [1.807, 2.05) is 0 Å². The first-order chi connectivity index (χ1) is 11.6. The Bertz CT molecular complexity index is 424. The maximum atomic E-state index is 11.6. The number of rotatable bonds is 8. The van der Waals surface area contributed by atoms with Crippen molar-refractivity contribution in [1.82, 2.24) is 0 Å². The molecule has 0 aliphatic rings. The third-order valence-corrected chi connectivity index (χ3v) is 2.22. The van der Waals surface area contributed by atoms with Gasteiger partial charge in [0.2, 0.25) is 11.6 Å². The fraction of sp³-hybridized carbons (Fsp3) is 0.667. The summed E-state index contributed by atoms with van der Waals surface area (Å²) in [5, 5.41) is -1.90. The van der Waals surface area contributed by atoms with Crippen LogP contribution in [0.1, 0.15) is 20.3 Å². The highest BCUT2D eigenvalue weighted by molar-refractivity contribution is 6.85. The highest BCUT2D eigenvalue weighted by atomic mass is 36.5. The molecule has 13 heteroatoms. The van der Waals surface area contributed by atoms with Crippen LogP contribution in [0.3, 0.4) is 0 Å². The number of ketones is 2. The van der Waals surface area contributed by atoms with Gasteiger partial charge in [0.15, 0.2) is 5.38 Å². The monoisotopic (exact) mass is 436 g/mol. The molecule has 25 heavy (non-hydrogen) atoms. The van der Waals surface area contributed by atoms with Crippen molar-refractivity contribution in [2.24, 2.45) is 0 Å². The number of hydrogen-bond acceptors (Lipinski definition) is 6. The average molecular weight is 438 g/mol. The summed E-state index contributed by atoms with van der Waals surface area (Å²) in [5.41, 5.74) is 0. The Hall–Kier alpha value is -1.13. The van der Waals surface area contributed by atoms with E-state index in [2.05, 4.69) is 31.2 Å². The minimum absolute atomic E-state index is 0.00142. The molecule has 0 rings (SSSR count). The summed E-state index contributed by atoms with van der Waals surface area (Å²) in [7, 11) is 8.22. The minimum atomic E-state index is -3.24. The lowest BCUT2D eigenvalue weighted by atomic mass is 10.3. The van der Waals surface area contributed by atoms with Crippen LogP contribution in [0, 0.1) is 0 Å². The summed E-state index contributed by atoms with van der Waals surface area (Å²) in [6, 6.07) is 0. The largest absolute Gasteiger partial charge is 0.466 e. The van der Waals surface area contributed by atoms with Gasteiger partial charge in [-0.15, -0.1) is 11.6 Å². The van der Waals surface area contributed by atoms with E-state index in [1.54, 1.807) is 0 Å². The van der Waals surface area contributed by atoms with E-state index in [9.17, 15) is 36.7 Å². The third kappa shape index (κ3) is 16.1. The van der Waals surface area contributed by atoms with Gasteiger partial charge in [0.05, 0.1) is 13.2 Å². The number of esters is 2. The van der Waals surface area contributed by atoms with E-state index in [0.717, 1.165) is 0 Å². The average Bonchev–Trinajstić information content (AvgIpc) is 2.56. The van der Waals surface area contributed by atoms with Gasteiger partial charge in [-0.05, 0) is 13.8 Å². The van der Waals surface area contributed by atoms with Crippen molar-refractivity contribution in [2.45, 2.75) is 38.5 Å². The zero-order valence-electron chi connectivity index (χ0n) is 12.9. The second-order valence-electron chi connectivity index (χ2n) is 3.57. The van der Waals surface area contributed by atoms with Crippen LogP contribution in [0.4, 0.5) is 17.6 Å². The van der Waals surface area contributed by atoms with E-state index in [-0.39, 0.29) is 13.2 Å². The Morgan fingerprint density at radius 2 is 1.32 bits per heavy atom. The highest BCUT2D eigenvalue weighted by Gasteiger charge is 2.31. The zero-order valence-corrected chi connectivity index (χ0v) is 15.2. The van der Waals surface area contributed by atoms with Crippen LogP contribution in [-0.4, -0.2) is 54.9 Å². The smallest absolute Gasteiger partial charge is 0.331 e. The van der Waals surface area contributed by atoms with Crippen LogP contribution in [0.5, 0.6) is 0 Å². The van der Waals surface area contributed by atoms with Gasteiger partial charge < -0.3 is 9.47 Å². The van der Waals surface area contributed by atoms with Gasteiger partial charge >= 0.3 is 11.9 Å². The zero-order chi connectivity index (χ0) is 20.6. The minimum Gasteiger partial charge on any atom is -0.466 e. The molecular weight excluding hydrogens is 422 g/mol. The number of alkyl halides is 5.